The molecule has 1 amide bonds. The molecule has 1 fully saturated rings. The molecule has 0 bridgehead atoms. The normalized spacial score (nSPS) is 18.8. The van der Waals surface area contributed by atoms with E-state index >= 15 is 0 Å². The lowest BCUT2D eigenvalue weighted by Crippen LogP contribution is -2.36. The number of fused-ring (bicyclic) bond motifs is 1. The number of hydrogen-bond donors (Lipinski definition) is 1. The molecule has 33 heavy (non-hydrogen) atoms. The molecule has 0 unspecified atom stereocenters. The molecule has 1 aromatic carbocycles. The maximum atomic E-state index is 13.5. The van der Waals surface area contributed by atoms with Crippen LogP contribution in [0.2, 0.25) is 0 Å². The minimum absolute atomic E-state index is 0.0440. The van der Waals surface area contributed by atoms with E-state index < -0.39 is 11.7 Å². The zero-order valence-corrected chi connectivity index (χ0v) is 21.6. The standard InChI is InChI=1S/C24H30IN5O3/c1-15-21(32-19-11-7-17(26)8-12-19)28-20-13-14-27-30(20)22(15)29(23(31)33-24(2,3)4)18-9-5-16(25)6-10-18/h5-6,9-10,13-14,17,19H,7-8,11-12,26H2,1-4H3. The first-order valence-corrected chi connectivity index (χ1v) is 12.3. The summed E-state index contributed by atoms with van der Waals surface area (Å²) in [4.78, 5) is 19.7. The van der Waals surface area contributed by atoms with Crippen molar-refractivity contribution in [1.29, 1.82) is 0 Å². The quantitative estimate of drug-likeness (QED) is 0.430. The molecule has 0 atom stereocenters. The Bertz CT molecular complexity index is 1130. The number of nitrogens with two attached hydrogens (primary N) is 1. The van der Waals surface area contributed by atoms with Gasteiger partial charge in [-0.1, -0.05) is 0 Å². The van der Waals surface area contributed by atoms with E-state index in [9.17, 15) is 4.79 Å². The lowest BCUT2D eigenvalue weighted by Gasteiger charge is -2.30. The lowest BCUT2D eigenvalue weighted by atomic mass is 9.94. The van der Waals surface area contributed by atoms with Gasteiger partial charge < -0.3 is 15.2 Å². The first-order valence-electron chi connectivity index (χ1n) is 11.2. The number of halogens is 1. The molecular weight excluding hydrogens is 533 g/mol. The molecule has 0 saturated heterocycles. The number of aromatic nitrogens is 3. The highest BCUT2D eigenvalue weighted by Gasteiger charge is 2.31. The van der Waals surface area contributed by atoms with E-state index in [-0.39, 0.29) is 12.1 Å². The average molecular weight is 563 g/mol. The van der Waals surface area contributed by atoms with Crippen molar-refractivity contribution < 1.29 is 14.3 Å². The third-order valence-electron chi connectivity index (χ3n) is 5.57. The zero-order chi connectivity index (χ0) is 23.8. The Morgan fingerprint density at radius 3 is 2.45 bits per heavy atom. The minimum Gasteiger partial charge on any atom is -0.474 e. The topological polar surface area (TPSA) is 95.0 Å². The number of ether oxygens (including phenoxy) is 2. The van der Waals surface area contributed by atoms with Crippen LogP contribution in [0.4, 0.5) is 16.3 Å². The first kappa shape index (κ1) is 23.7. The maximum absolute atomic E-state index is 13.5. The molecule has 4 rings (SSSR count). The van der Waals surface area contributed by atoms with E-state index in [1.807, 2.05) is 52.0 Å². The van der Waals surface area contributed by atoms with Gasteiger partial charge in [0, 0.05) is 15.7 Å². The van der Waals surface area contributed by atoms with E-state index in [0.717, 1.165) is 29.3 Å². The Labute approximate surface area is 207 Å². The Morgan fingerprint density at radius 1 is 1.15 bits per heavy atom. The second-order valence-corrected chi connectivity index (χ2v) is 10.7. The van der Waals surface area contributed by atoms with E-state index in [1.54, 1.807) is 21.7 Å². The van der Waals surface area contributed by atoms with Crippen molar-refractivity contribution >= 4 is 45.8 Å². The van der Waals surface area contributed by atoms with Gasteiger partial charge in [-0.25, -0.2) is 9.69 Å². The van der Waals surface area contributed by atoms with Crippen LogP contribution in [0.1, 0.15) is 52.0 Å². The molecule has 1 aliphatic carbocycles. The van der Waals surface area contributed by atoms with Crippen molar-refractivity contribution in [1.82, 2.24) is 14.6 Å². The number of anilines is 2. The van der Waals surface area contributed by atoms with Crippen molar-refractivity contribution in [2.45, 2.75) is 71.1 Å². The van der Waals surface area contributed by atoms with Crippen LogP contribution in [0, 0.1) is 10.5 Å². The Morgan fingerprint density at radius 2 is 1.82 bits per heavy atom. The van der Waals surface area contributed by atoms with Crippen LogP contribution >= 0.6 is 22.6 Å². The van der Waals surface area contributed by atoms with Gasteiger partial charge in [0.2, 0.25) is 5.88 Å². The van der Waals surface area contributed by atoms with Gasteiger partial charge in [0.25, 0.3) is 0 Å². The fourth-order valence-electron chi connectivity index (χ4n) is 3.94. The molecule has 2 N–H and O–H groups in total. The van der Waals surface area contributed by atoms with E-state index in [0.29, 0.717) is 28.6 Å². The predicted octanol–water partition coefficient (Wildman–Crippen LogP) is 5.36. The third kappa shape index (κ3) is 5.40. The number of amides is 1. The Kier molecular flexibility index (Phi) is 6.81. The predicted molar refractivity (Wildman–Crippen MR) is 136 cm³/mol. The second-order valence-electron chi connectivity index (χ2n) is 9.41. The molecule has 1 aliphatic rings. The van der Waals surface area contributed by atoms with Gasteiger partial charge in [-0.05, 0) is 100 Å². The van der Waals surface area contributed by atoms with Gasteiger partial charge in [-0.3, -0.25) is 0 Å². The van der Waals surface area contributed by atoms with Crippen LogP contribution in [-0.4, -0.2) is 38.4 Å². The second kappa shape index (κ2) is 9.46. The molecule has 3 aromatic rings. The molecule has 0 radical (unpaired) electrons. The summed E-state index contributed by atoms with van der Waals surface area (Å²) in [6.07, 6.45) is 4.84. The summed E-state index contributed by atoms with van der Waals surface area (Å²) in [6.45, 7) is 7.45. The highest BCUT2D eigenvalue weighted by Crippen LogP contribution is 2.36. The van der Waals surface area contributed by atoms with Crippen molar-refractivity contribution in [3.63, 3.8) is 0 Å². The number of carbonyl (C=O) groups is 1. The van der Waals surface area contributed by atoms with E-state index in [1.165, 1.54) is 0 Å². The number of benzene rings is 1. The Balaban J connectivity index is 1.82. The highest BCUT2D eigenvalue weighted by molar-refractivity contribution is 14.1. The number of nitrogens with zero attached hydrogens (tertiary/aromatic N) is 4. The number of carbonyl (C=O) groups excluding carboxylic acids is 1. The molecule has 2 heterocycles. The maximum Gasteiger partial charge on any atom is 0.420 e. The fourth-order valence-corrected chi connectivity index (χ4v) is 4.30. The summed E-state index contributed by atoms with van der Waals surface area (Å²) in [5, 5.41) is 4.45. The molecule has 1 saturated carbocycles. The SMILES string of the molecule is Cc1c(OC2CCC(N)CC2)nc2ccnn2c1N(C(=O)OC(C)(C)C)c1ccc(I)cc1. The van der Waals surface area contributed by atoms with E-state index in [2.05, 4.69) is 27.7 Å². The van der Waals surface area contributed by atoms with Crippen LogP contribution in [0.3, 0.4) is 0 Å². The van der Waals surface area contributed by atoms with Crippen LogP contribution in [0.25, 0.3) is 5.65 Å². The van der Waals surface area contributed by atoms with Crippen molar-refractivity contribution in [3.8, 4) is 5.88 Å². The Hall–Kier alpha value is -2.40. The molecule has 2 aromatic heterocycles. The van der Waals surface area contributed by atoms with Gasteiger partial charge in [-0.15, -0.1) is 0 Å². The number of rotatable bonds is 4. The van der Waals surface area contributed by atoms with Crippen LogP contribution in [-0.2, 0) is 4.74 Å². The molecule has 9 heteroatoms. The van der Waals surface area contributed by atoms with Crippen molar-refractivity contribution in [2.24, 2.45) is 5.73 Å². The summed E-state index contributed by atoms with van der Waals surface area (Å²) >= 11 is 2.24. The largest absolute Gasteiger partial charge is 0.474 e. The van der Waals surface area contributed by atoms with Gasteiger partial charge in [0.05, 0.1) is 17.4 Å². The van der Waals surface area contributed by atoms with Gasteiger partial charge in [0.1, 0.15) is 11.7 Å². The summed E-state index contributed by atoms with van der Waals surface area (Å²) in [6, 6.07) is 9.72. The summed E-state index contributed by atoms with van der Waals surface area (Å²) in [7, 11) is 0. The van der Waals surface area contributed by atoms with Gasteiger partial charge >= 0.3 is 6.09 Å². The monoisotopic (exact) mass is 563 g/mol. The molecular formula is C24H30IN5O3. The number of hydrogen-bond acceptors (Lipinski definition) is 6. The fraction of sp³-hybridized carbons (Fsp3) is 0.458. The molecule has 0 spiro atoms. The molecule has 0 aliphatic heterocycles. The highest BCUT2D eigenvalue weighted by atomic mass is 127. The van der Waals surface area contributed by atoms with Crippen molar-refractivity contribution in [2.75, 3.05) is 4.90 Å². The lowest BCUT2D eigenvalue weighted by molar-refractivity contribution is 0.0597. The van der Waals surface area contributed by atoms with Gasteiger partial charge in [0.15, 0.2) is 11.5 Å². The molecule has 176 valence electrons. The van der Waals surface area contributed by atoms with Crippen molar-refractivity contribution in [3.05, 3.63) is 45.7 Å². The molecule has 8 nitrogen and oxygen atoms in total. The smallest absolute Gasteiger partial charge is 0.420 e. The first-order chi connectivity index (χ1) is 15.6. The zero-order valence-electron chi connectivity index (χ0n) is 19.4. The summed E-state index contributed by atoms with van der Waals surface area (Å²) in [5.41, 5.74) is 7.38. The average Bonchev–Trinajstić information content (AvgIpc) is 3.20. The minimum atomic E-state index is -0.664. The third-order valence-corrected chi connectivity index (χ3v) is 6.28. The summed E-state index contributed by atoms with van der Waals surface area (Å²) in [5.74, 6) is 1.04. The van der Waals surface area contributed by atoms with Gasteiger partial charge in [-0.2, -0.15) is 14.6 Å². The van der Waals surface area contributed by atoms with E-state index in [4.69, 9.17) is 20.2 Å². The van der Waals surface area contributed by atoms with Crippen LogP contribution in [0.5, 0.6) is 5.88 Å². The van der Waals surface area contributed by atoms with Crippen LogP contribution in [0.15, 0.2) is 36.5 Å². The van der Waals surface area contributed by atoms with Crippen LogP contribution < -0.4 is 15.4 Å². The summed E-state index contributed by atoms with van der Waals surface area (Å²) < 4.78 is 14.9.